The Morgan fingerprint density at radius 1 is 1.38 bits per heavy atom. The molecule has 0 aliphatic carbocycles. The van der Waals surface area contributed by atoms with Crippen molar-refractivity contribution in [2.45, 2.75) is 13.3 Å². The van der Waals surface area contributed by atoms with Gasteiger partial charge in [0.05, 0.1) is 5.56 Å². The quantitative estimate of drug-likeness (QED) is 0.881. The number of hydrogen-bond acceptors (Lipinski definition) is 2. The van der Waals surface area contributed by atoms with E-state index in [0.29, 0.717) is 5.56 Å². The summed E-state index contributed by atoms with van der Waals surface area (Å²) < 4.78 is 0. The molecule has 1 heterocycles. The minimum absolute atomic E-state index is 0.353. The van der Waals surface area contributed by atoms with Crippen LogP contribution in [0.2, 0.25) is 0 Å². The van der Waals surface area contributed by atoms with Crippen molar-refractivity contribution in [3.05, 3.63) is 57.3 Å². The molecule has 2 nitrogen and oxygen atoms in total. The number of aromatic carboxylic acids is 1. The molecule has 0 bridgehead atoms. The van der Waals surface area contributed by atoms with Crippen molar-refractivity contribution in [1.82, 2.24) is 0 Å². The largest absolute Gasteiger partial charge is 0.478 e. The van der Waals surface area contributed by atoms with Crippen molar-refractivity contribution >= 4 is 17.3 Å². The van der Waals surface area contributed by atoms with Gasteiger partial charge in [0.1, 0.15) is 0 Å². The van der Waals surface area contributed by atoms with Crippen LogP contribution >= 0.6 is 11.3 Å². The van der Waals surface area contributed by atoms with Crippen molar-refractivity contribution in [2.24, 2.45) is 0 Å². The summed E-state index contributed by atoms with van der Waals surface area (Å²) in [5.74, 6) is -0.871. The molecule has 0 aliphatic heterocycles. The second kappa shape index (κ2) is 4.49. The van der Waals surface area contributed by atoms with Crippen LogP contribution in [0.3, 0.4) is 0 Å². The first-order chi connectivity index (χ1) is 7.66. The molecule has 0 fully saturated rings. The minimum Gasteiger partial charge on any atom is -0.478 e. The summed E-state index contributed by atoms with van der Waals surface area (Å²) in [6, 6.07) is 9.20. The number of aryl methyl sites for hydroxylation is 1. The summed E-state index contributed by atoms with van der Waals surface area (Å²) in [7, 11) is 0. The summed E-state index contributed by atoms with van der Waals surface area (Å²) in [6.45, 7) is 2.08. The van der Waals surface area contributed by atoms with Crippen molar-refractivity contribution in [1.29, 1.82) is 0 Å². The molecule has 1 aromatic carbocycles. The molecule has 16 heavy (non-hydrogen) atoms. The van der Waals surface area contributed by atoms with Crippen molar-refractivity contribution in [2.75, 3.05) is 0 Å². The SMILES string of the molecule is Cc1ccsc1Cc1cccc(C(=O)O)c1. The molecule has 0 unspecified atom stereocenters. The number of rotatable bonds is 3. The fourth-order valence-electron chi connectivity index (χ4n) is 1.58. The molecular formula is C13H12O2S. The Labute approximate surface area is 98.2 Å². The van der Waals surface area contributed by atoms with Gasteiger partial charge in [-0.2, -0.15) is 0 Å². The van der Waals surface area contributed by atoms with E-state index in [1.165, 1.54) is 10.4 Å². The van der Waals surface area contributed by atoms with Gasteiger partial charge in [0.15, 0.2) is 0 Å². The smallest absolute Gasteiger partial charge is 0.335 e. The average Bonchev–Trinajstić information content (AvgIpc) is 2.65. The van der Waals surface area contributed by atoms with Crippen LogP contribution in [0.1, 0.15) is 26.4 Å². The van der Waals surface area contributed by atoms with Gasteiger partial charge in [-0.3, -0.25) is 0 Å². The van der Waals surface area contributed by atoms with Crippen LogP contribution in [0, 0.1) is 6.92 Å². The van der Waals surface area contributed by atoms with E-state index in [1.807, 2.05) is 6.07 Å². The number of carboxylic acids is 1. The molecule has 1 aromatic heterocycles. The maximum atomic E-state index is 10.8. The highest BCUT2D eigenvalue weighted by atomic mass is 32.1. The van der Waals surface area contributed by atoms with E-state index in [1.54, 1.807) is 29.5 Å². The van der Waals surface area contributed by atoms with Crippen LogP contribution < -0.4 is 0 Å². The summed E-state index contributed by atoms with van der Waals surface area (Å²) in [5.41, 5.74) is 2.67. The third kappa shape index (κ3) is 2.31. The van der Waals surface area contributed by atoms with Crippen molar-refractivity contribution < 1.29 is 9.90 Å². The van der Waals surface area contributed by atoms with E-state index < -0.39 is 5.97 Å². The normalized spacial score (nSPS) is 10.3. The molecule has 2 rings (SSSR count). The minimum atomic E-state index is -0.871. The van der Waals surface area contributed by atoms with Gasteiger partial charge in [-0.15, -0.1) is 11.3 Å². The molecular weight excluding hydrogens is 220 g/mol. The monoisotopic (exact) mass is 232 g/mol. The number of thiophene rings is 1. The van der Waals surface area contributed by atoms with Crippen LogP contribution in [0.15, 0.2) is 35.7 Å². The Balaban J connectivity index is 2.25. The third-order valence-electron chi connectivity index (χ3n) is 2.51. The fraction of sp³-hybridized carbons (Fsp3) is 0.154. The van der Waals surface area contributed by atoms with E-state index in [-0.39, 0.29) is 0 Å². The second-order valence-corrected chi connectivity index (χ2v) is 4.71. The third-order valence-corrected chi connectivity index (χ3v) is 3.53. The van der Waals surface area contributed by atoms with Gasteiger partial charge in [-0.05, 0) is 41.6 Å². The number of hydrogen-bond donors (Lipinski definition) is 1. The van der Waals surface area contributed by atoms with E-state index in [9.17, 15) is 4.79 Å². The molecule has 0 atom stereocenters. The Bertz CT molecular complexity index is 514. The molecule has 0 saturated heterocycles. The van der Waals surface area contributed by atoms with E-state index in [2.05, 4.69) is 18.4 Å². The van der Waals surface area contributed by atoms with Crippen LogP contribution in [-0.4, -0.2) is 11.1 Å². The van der Waals surface area contributed by atoms with Gasteiger partial charge in [0.2, 0.25) is 0 Å². The zero-order valence-electron chi connectivity index (χ0n) is 8.93. The summed E-state index contributed by atoms with van der Waals surface area (Å²) >= 11 is 1.71. The summed E-state index contributed by atoms with van der Waals surface area (Å²) in [6.07, 6.45) is 0.810. The van der Waals surface area contributed by atoms with E-state index in [4.69, 9.17) is 5.11 Å². The lowest BCUT2D eigenvalue weighted by Crippen LogP contribution is -1.97. The maximum absolute atomic E-state index is 10.8. The lowest BCUT2D eigenvalue weighted by molar-refractivity contribution is 0.0697. The van der Waals surface area contributed by atoms with Gasteiger partial charge in [-0.25, -0.2) is 4.79 Å². The lowest BCUT2D eigenvalue weighted by Gasteiger charge is -2.02. The highest BCUT2D eigenvalue weighted by Gasteiger charge is 2.05. The zero-order chi connectivity index (χ0) is 11.5. The Hall–Kier alpha value is -1.61. The van der Waals surface area contributed by atoms with Crippen LogP contribution in [0.4, 0.5) is 0 Å². The zero-order valence-corrected chi connectivity index (χ0v) is 9.75. The Kier molecular flexibility index (Phi) is 3.06. The molecule has 0 amide bonds. The maximum Gasteiger partial charge on any atom is 0.335 e. The molecule has 3 heteroatoms. The predicted octanol–water partition coefficient (Wildman–Crippen LogP) is 3.35. The molecule has 0 radical (unpaired) electrons. The van der Waals surface area contributed by atoms with Crippen LogP contribution in [0.25, 0.3) is 0 Å². The summed E-state index contributed by atoms with van der Waals surface area (Å²) in [5, 5.41) is 11.0. The molecule has 0 saturated carbocycles. The van der Waals surface area contributed by atoms with Gasteiger partial charge in [0.25, 0.3) is 0 Å². The van der Waals surface area contributed by atoms with Crippen molar-refractivity contribution in [3.8, 4) is 0 Å². The first-order valence-corrected chi connectivity index (χ1v) is 5.90. The molecule has 2 aromatic rings. The predicted molar refractivity (Wildman–Crippen MR) is 65.3 cm³/mol. The highest BCUT2D eigenvalue weighted by Crippen LogP contribution is 2.20. The topological polar surface area (TPSA) is 37.3 Å². The Morgan fingerprint density at radius 3 is 2.81 bits per heavy atom. The van der Waals surface area contributed by atoms with Gasteiger partial charge >= 0.3 is 5.97 Å². The van der Waals surface area contributed by atoms with E-state index >= 15 is 0 Å². The summed E-state index contributed by atoms with van der Waals surface area (Å²) in [4.78, 5) is 12.1. The molecule has 0 spiro atoms. The molecule has 1 N–H and O–H groups in total. The Morgan fingerprint density at radius 2 is 2.19 bits per heavy atom. The van der Waals surface area contributed by atoms with Gasteiger partial charge in [0, 0.05) is 11.3 Å². The molecule has 82 valence electrons. The van der Waals surface area contributed by atoms with Gasteiger partial charge in [-0.1, -0.05) is 12.1 Å². The molecule has 0 aliphatic rings. The average molecular weight is 232 g/mol. The number of benzene rings is 1. The fourth-order valence-corrected chi connectivity index (χ4v) is 2.53. The van der Waals surface area contributed by atoms with E-state index in [0.717, 1.165) is 12.0 Å². The standard InChI is InChI=1S/C13H12O2S/c1-9-5-6-16-12(9)8-10-3-2-4-11(7-10)13(14)15/h2-7H,8H2,1H3,(H,14,15). The number of carboxylic acid groups (broad SMARTS) is 1. The highest BCUT2D eigenvalue weighted by molar-refractivity contribution is 7.10. The first-order valence-electron chi connectivity index (χ1n) is 5.02. The first kappa shape index (κ1) is 10.9. The lowest BCUT2D eigenvalue weighted by atomic mass is 10.1. The van der Waals surface area contributed by atoms with Gasteiger partial charge < -0.3 is 5.11 Å². The van der Waals surface area contributed by atoms with Crippen LogP contribution in [-0.2, 0) is 6.42 Å². The second-order valence-electron chi connectivity index (χ2n) is 3.71. The van der Waals surface area contributed by atoms with Crippen molar-refractivity contribution in [3.63, 3.8) is 0 Å². The van der Waals surface area contributed by atoms with Crippen LogP contribution in [0.5, 0.6) is 0 Å². The number of carbonyl (C=O) groups is 1.